The van der Waals surface area contributed by atoms with Gasteiger partial charge in [0.15, 0.2) is 0 Å². The molecule has 0 saturated heterocycles. The van der Waals surface area contributed by atoms with Crippen LogP contribution in [0.2, 0.25) is 0 Å². The lowest BCUT2D eigenvalue weighted by Gasteiger charge is -2.14. The predicted molar refractivity (Wildman–Crippen MR) is 64.0 cm³/mol. The Morgan fingerprint density at radius 3 is 2.44 bits per heavy atom. The second kappa shape index (κ2) is 5.39. The minimum atomic E-state index is -0.114. The molecule has 0 aliphatic rings. The molecular formula is C12H18N2O2. The second-order valence-electron chi connectivity index (χ2n) is 4.05. The summed E-state index contributed by atoms with van der Waals surface area (Å²) in [6.07, 6.45) is 0.292. The normalized spacial score (nSPS) is 13.6. The van der Waals surface area contributed by atoms with Crippen molar-refractivity contribution in [3.63, 3.8) is 0 Å². The van der Waals surface area contributed by atoms with Gasteiger partial charge in [-0.15, -0.1) is 0 Å². The number of hydrogen-bond acceptors (Lipinski definition) is 3. The molecule has 1 rings (SSSR count). The van der Waals surface area contributed by atoms with Gasteiger partial charge >= 0.3 is 0 Å². The van der Waals surface area contributed by atoms with Crippen molar-refractivity contribution in [2.75, 3.05) is 0 Å². The highest BCUT2D eigenvalue weighted by Crippen LogP contribution is 2.18. The smallest absolute Gasteiger partial charge is 0.142 e. The van der Waals surface area contributed by atoms with Gasteiger partial charge in [0.05, 0.1) is 0 Å². The molecule has 4 heteroatoms. The van der Waals surface area contributed by atoms with Gasteiger partial charge in [-0.3, -0.25) is 0 Å². The summed E-state index contributed by atoms with van der Waals surface area (Å²) in [5.41, 5.74) is 7.72. The van der Waals surface area contributed by atoms with E-state index in [2.05, 4.69) is 11.2 Å². The van der Waals surface area contributed by atoms with E-state index in [4.69, 9.17) is 15.7 Å². The molecule has 1 unspecified atom stereocenters. The average molecular weight is 222 g/mol. The van der Waals surface area contributed by atoms with Gasteiger partial charge in [-0.25, -0.2) is 0 Å². The lowest BCUT2D eigenvalue weighted by atomic mass is 10.1. The molecule has 88 valence electrons. The van der Waals surface area contributed by atoms with Crippen LogP contribution in [-0.2, 0) is 0 Å². The lowest BCUT2D eigenvalue weighted by molar-refractivity contribution is 0.226. The van der Waals surface area contributed by atoms with Crippen molar-refractivity contribution in [1.29, 1.82) is 0 Å². The third-order valence-corrected chi connectivity index (χ3v) is 2.16. The van der Waals surface area contributed by atoms with Gasteiger partial charge in [0.2, 0.25) is 0 Å². The molecule has 1 aromatic rings. The first kappa shape index (κ1) is 12.4. The van der Waals surface area contributed by atoms with Gasteiger partial charge in [-0.05, 0) is 44.0 Å². The molecule has 4 nitrogen and oxygen atoms in total. The number of nitrogens with two attached hydrogens (primary N) is 1. The van der Waals surface area contributed by atoms with Crippen LogP contribution in [0.25, 0.3) is 0 Å². The van der Waals surface area contributed by atoms with Gasteiger partial charge in [0.25, 0.3) is 0 Å². The van der Waals surface area contributed by atoms with Crippen LogP contribution in [0, 0.1) is 13.8 Å². The molecule has 0 aliphatic heterocycles. The zero-order valence-electron chi connectivity index (χ0n) is 9.90. The van der Waals surface area contributed by atoms with Gasteiger partial charge in [0, 0.05) is 6.42 Å². The van der Waals surface area contributed by atoms with E-state index in [1.54, 1.807) is 0 Å². The standard InChI is InChI=1S/C12H18N2O2/c1-8-4-9(2)6-11(5-8)16-10(3)7-12(13)14-15/h4-6,10,15H,7H2,1-3H3,(H2,13,14). The Morgan fingerprint density at radius 2 is 1.94 bits per heavy atom. The van der Waals surface area contributed by atoms with Crippen LogP contribution >= 0.6 is 0 Å². The second-order valence-corrected chi connectivity index (χ2v) is 4.05. The number of nitrogens with zero attached hydrogens (tertiary/aromatic N) is 1. The largest absolute Gasteiger partial charge is 0.490 e. The summed E-state index contributed by atoms with van der Waals surface area (Å²) in [4.78, 5) is 0. The van der Waals surface area contributed by atoms with E-state index in [9.17, 15) is 0 Å². The Kier molecular flexibility index (Phi) is 4.17. The molecule has 0 aliphatic carbocycles. The van der Waals surface area contributed by atoms with Crippen LogP contribution in [0.3, 0.4) is 0 Å². The summed E-state index contributed by atoms with van der Waals surface area (Å²) < 4.78 is 5.68. The SMILES string of the molecule is Cc1cc(C)cc(OC(C)CC(N)=NO)c1. The molecule has 0 radical (unpaired) electrons. The molecule has 1 aromatic carbocycles. The van der Waals surface area contributed by atoms with Crippen molar-refractivity contribution in [3.05, 3.63) is 29.3 Å². The van der Waals surface area contributed by atoms with E-state index in [1.165, 1.54) is 0 Å². The van der Waals surface area contributed by atoms with Gasteiger partial charge in [-0.2, -0.15) is 0 Å². The lowest BCUT2D eigenvalue weighted by Crippen LogP contribution is -2.22. The number of benzene rings is 1. The highest BCUT2D eigenvalue weighted by Gasteiger charge is 2.07. The highest BCUT2D eigenvalue weighted by atomic mass is 16.5. The van der Waals surface area contributed by atoms with Crippen molar-refractivity contribution in [3.8, 4) is 5.75 Å². The first-order chi connectivity index (χ1) is 7.51. The highest BCUT2D eigenvalue weighted by molar-refractivity contribution is 5.80. The van der Waals surface area contributed by atoms with Crippen molar-refractivity contribution in [1.82, 2.24) is 0 Å². The zero-order chi connectivity index (χ0) is 12.1. The Morgan fingerprint density at radius 1 is 1.38 bits per heavy atom. The molecule has 0 aromatic heterocycles. The van der Waals surface area contributed by atoms with E-state index in [1.807, 2.05) is 32.9 Å². The van der Waals surface area contributed by atoms with Crippen LogP contribution in [0.1, 0.15) is 24.5 Å². The number of amidine groups is 1. The topological polar surface area (TPSA) is 67.8 Å². The number of hydrogen-bond donors (Lipinski definition) is 2. The minimum absolute atomic E-state index is 0.114. The molecule has 0 amide bonds. The Labute approximate surface area is 95.7 Å². The first-order valence-corrected chi connectivity index (χ1v) is 5.22. The van der Waals surface area contributed by atoms with Gasteiger partial charge in [-0.1, -0.05) is 11.2 Å². The molecule has 0 bridgehead atoms. The fraction of sp³-hybridized carbons (Fsp3) is 0.417. The van der Waals surface area contributed by atoms with Crippen LogP contribution in [0.4, 0.5) is 0 Å². The maximum absolute atomic E-state index is 8.45. The molecule has 0 saturated carbocycles. The number of aryl methyl sites for hydroxylation is 2. The minimum Gasteiger partial charge on any atom is -0.490 e. The van der Waals surface area contributed by atoms with Crippen LogP contribution in [-0.4, -0.2) is 17.1 Å². The van der Waals surface area contributed by atoms with Crippen LogP contribution in [0.5, 0.6) is 5.75 Å². The van der Waals surface area contributed by atoms with Crippen molar-refractivity contribution in [2.24, 2.45) is 10.9 Å². The monoisotopic (exact) mass is 222 g/mol. The summed E-state index contributed by atoms with van der Waals surface area (Å²) in [6, 6.07) is 6.02. The molecule has 0 spiro atoms. The number of oxime groups is 1. The summed E-state index contributed by atoms with van der Waals surface area (Å²) in [5, 5.41) is 11.4. The van der Waals surface area contributed by atoms with Crippen molar-refractivity contribution < 1.29 is 9.94 Å². The number of ether oxygens (including phenoxy) is 1. The maximum atomic E-state index is 8.45. The molecule has 0 heterocycles. The van der Waals surface area contributed by atoms with E-state index in [0.717, 1.165) is 16.9 Å². The number of rotatable bonds is 4. The van der Waals surface area contributed by atoms with Crippen molar-refractivity contribution >= 4 is 5.84 Å². The molecule has 3 N–H and O–H groups in total. The fourth-order valence-electron chi connectivity index (χ4n) is 1.61. The summed E-state index contributed by atoms with van der Waals surface area (Å²) in [5.74, 6) is 0.993. The maximum Gasteiger partial charge on any atom is 0.142 e. The first-order valence-electron chi connectivity index (χ1n) is 5.22. The fourth-order valence-corrected chi connectivity index (χ4v) is 1.61. The predicted octanol–water partition coefficient (Wildman–Crippen LogP) is 2.21. The molecule has 16 heavy (non-hydrogen) atoms. The quantitative estimate of drug-likeness (QED) is 0.355. The van der Waals surface area contributed by atoms with E-state index in [-0.39, 0.29) is 11.9 Å². The third kappa shape index (κ3) is 3.81. The van der Waals surface area contributed by atoms with Crippen molar-refractivity contribution in [2.45, 2.75) is 33.3 Å². The summed E-state index contributed by atoms with van der Waals surface area (Å²) in [6.45, 7) is 5.93. The average Bonchev–Trinajstić information content (AvgIpc) is 2.15. The summed E-state index contributed by atoms with van der Waals surface area (Å²) in [7, 11) is 0. The third-order valence-electron chi connectivity index (χ3n) is 2.16. The van der Waals surface area contributed by atoms with E-state index in [0.29, 0.717) is 6.42 Å². The Balaban J connectivity index is 2.65. The van der Waals surface area contributed by atoms with Gasteiger partial charge < -0.3 is 15.7 Å². The summed E-state index contributed by atoms with van der Waals surface area (Å²) >= 11 is 0. The Bertz CT molecular complexity index is 368. The van der Waals surface area contributed by atoms with Gasteiger partial charge in [0.1, 0.15) is 17.7 Å². The zero-order valence-corrected chi connectivity index (χ0v) is 9.90. The van der Waals surface area contributed by atoms with E-state index < -0.39 is 0 Å². The molecular weight excluding hydrogens is 204 g/mol. The van der Waals surface area contributed by atoms with Crippen LogP contribution < -0.4 is 10.5 Å². The Hall–Kier alpha value is -1.71. The molecule has 1 atom stereocenters. The van der Waals surface area contributed by atoms with Crippen LogP contribution in [0.15, 0.2) is 23.4 Å². The molecule has 0 fully saturated rings. The van der Waals surface area contributed by atoms with E-state index >= 15 is 0 Å².